The van der Waals surface area contributed by atoms with Crippen LogP contribution in [0, 0.1) is 5.92 Å². The Labute approximate surface area is 123 Å². The van der Waals surface area contributed by atoms with E-state index in [1.807, 2.05) is 0 Å². The lowest BCUT2D eigenvalue weighted by molar-refractivity contribution is -0.123. The molecule has 1 amide bonds. The van der Waals surface area contributed by atoms with Crippen molar-refractivity contribution < 1.29 is 9.90 Å². The van der Waals surface area contributed by atoms with Gasteiger partial charge in [0, 0.05) is 13.0 Å². The third-order valence-electron chi connectivity index (χ3n) is 5.10. The van der Waals surface area contributed by atoms with Crippen LogP contribution in [0.3, 0.4) is 0 Å². The number of amides is 1. The first-order chi connectivity index (χ1) is 9.68. The van der Waals surface area contributed by atoms with Crippen molar-refractivity contribution >= 4 is 5.91 Å². The van der Waals surface area contributed by atoms with E-state index in [4.69, 9.17) is 0 Å². The van der Waals surface area contributed by atoms with E-state index < -0.39 is 5.60 Å². The Morgan fingerprint density at radius 3 is 2.10 bits per heavy atom. The molecule has 2 rings (SSSR count). The summed E-state index contributed by atoms with van der Waals surface area (Å²) in [4.78, 5) is 12.1. The van der Waals surface area contributed by atoms with Crippen molar-refractivity contribution in [3.05, 3.63) is 0 Å². The minimum absolute atomic E-state index is 0.148. The highest BCUT2D eigenvalue weighted by Gasteiger charge is 2.28. The highest BCUT2D eigenvalue weighted by atomic mass is 16.3. The number of rotatable bonds is 4. The summed E-state index contributed by atoms with van der Waals surface area (Å²) in [6, 6.07) is 0. The smallest absolute Gasteiger partial charge is 0.220 e. The number of carbonyl (C=O) groups is 1. The maximum Gasteiger partial charge on any atom is 0.220 e. The van der Waals surface area contributed by atoms with E-state index >= 15 is 0 Å². The quantitative estimate of drug-likeness (QED) is 0.774. The van der Waals surface area contributed by atoms with Gasteiger partial charge in [0.15, 0.2) is 0 Å². The fraction of sp³-hybridized carbons (Fsp3) is 0.941. The van der Waals surface area contributed by atoms with E-state index in [9.17, 15) is 9.90 Å². The Morgan fingerprint density at radius 1 is 0.950 bits per heavy atom. The van der Waals surface area contributed by atoms with Crippen LogP contribution in [0.2, 0.25) is 0 Å². The molecule has 3 nitrogen and oxygen atoms in total. The van der Waals surface area contributed by atoms with Gasteiger partial charge in [0.2, 0.25) is 5.91 Å². The van der Waals surface area contributed by atoms with Crippen molar-refractivity contribution in [2.24, 2.45) is 5.92 Å². The molecular formula is C17H31NO2. The molecule has 0 saturated heterocycles. The predicted molar refractivity (Wildman–Crippen MR) is 81.5 cm³/mol. The van der Waals surface area contributed by atoms with E-state index in [0.717, 1.165) is 25.7 Å². The average Bonchev–Trinajstić information content (AvgIpc) is 2.80. The minimum atomic E-state index is -0.643. The number of aliphatic hydroxyl groups is 1. The van der Waals surface area contributed by atoms with Gasteiger partial charge in [-0.1, -0.05) is 51.4 Å². The summed E-state index contributed by atoms with van der Waals surface area (Å²) < 4.78 is 0. The second-order valence-electron chi connectivity index (χ2n) is 6.98. The Bertz CT molecular complexity index is 287. The van der Waals surface area contributed by atoms with Crippen LogP contribution >= 0.6 is 0 Å². The Kier molecular flexibility index (Phi) is 6.34. The lowest BCUT2D eigenvalue weighted by atomic mass is 9.93. The molecule has 0 heterocycles. The summed E-state index contributed by atoms with van der Waals surface area (Å²) in [5, 5.41) is 13.5. The van der Waals surface area contributed by atoms with Gasteiger partial charge >= 0.3 is 0 Å². The summed E-state index contributed by atoms with van der Waals surface area (Å²) >= 11 is 0. The van der Waals surface area contributed by atoms with Gasteiger partial charge in [0.25, 0.3) is 0 Å². The zero-order chi connectivity index (χ0) is 14.3. The molecule has 2 aliphatic carbocycles. The van der Waals surface area contributed by atoms with E-state index in [2.05, 4.69) is 5.32 Å². The second kappa shape index (κ2) is 8.02. The molecule has 2 N–H and O–H groups in total. The van der Waals surface area contributed by atoms with Gasteiger partial charge in [-0.15, -0.1) is 0 Å². The van der Waals surface area contributed by atoms with E-state index in [1.54, 1.807) is 0 Å². The molecular weight excluding hydrogens is 250 g/mol. The van der Waals surface area contributed by atoms with Gasteiger partial charge < -0.3 is 10.4 Å². The van der Waals surface area contributed by atoms with E-state index in [0.29, 0.717) is 18.9 Å². The van der Waals surface area contributed by atoms with Gasteiger partial charge in [0.1, 0.15) is 0 Å². The van der Waals surface area contributed by atoms with Crippen molar-refractivity contribution in [1.82, 2.24) is 5.32 Å². The van der Waals surface area contributed by atoms with Crippen LogP contribution in [0.1, 0.15) is 83.5 Å². The molecule has 3 heteroatoms. The Morgan fingerprint density at radius 2 is 1.50 bits per heavy atom. The van der Waals surface area contributed by atoms with Gasteiger partial charge in [-0.05, 0) is 31.6 Å². The molecule has 0 radical (unpaired) electrons. The van der Waals surface area contributed by atoms with Crippen LogP contribution in [0.5, 0.6) is 0 Å². The first-order valence-electron chi connectivity index (χ1n) is 8.67. The number of hydrogen-bond donors (Lipinski definition) is 2. The fourth-order valence-corrected chi connectivity index (χ4v) is 3.73. The molecule has 0 bridgehead atoms. The normalized spacial score (nSPS) is 24.6. The Balaban J connectivity index is 1.70. The van der Waals surface area contributed by atoms with Crippen molar-refractivity contribution in [1.29, 1.82) is 0 Å². The number of carbonyl (C=O) groups excluding carboxylic acids is 1. The molecule has 116 valence electrons. The van der Waals surface area contributed by atoms with Crippen LogP contribution in [0.4, 0.5) is 0 Å². The first-order valence-corrected chi connectivity index (χ1v) is 8.67. The van der Waals surface area contributed by atoms with Crippen molar-refractivity contribution in [2.45, 2.75) is 89.1 Å². The molecule has 0 aromatic carbocycles. The van der Waals surface area contributed by atoms with Crippen LogP contribution < -0.4 is 5.32 Å². The third kappa shape index (κ3) is 5.43. The highest BCUT2D eigenvalue weighted by molar-refractivity contribution is 5.76. The van der Waals surface area contributed by atoms with E-state index in [1.165, 1.54) is 51.4 Å². The standard InChI is InChI=1S/C17H31NO2/c19-16(13-15-9-5-1-2-6-10-15)18-14-17(20)11-7-3-4-8-12-17/h15,20H,1-14H2,(H,18,19). The summed E-state index contributed by atoms with van der Waals surface area (Å²) in [5.74, 6) is 0.718. The van der Waals surface area contributed by atoms with E-state index in [-0.39, 0.29) is 5.91 Å². The highest BCUT2D eigenvalue weighted by Crippen LogP contribution is 2.27. The van der Waals surface area contributed by atoms with Gasteiger partial charge in [0.05, 0.1) is 5.60 Å². The largest absolute Gasteiger partial charge is 0.388 e. The molecule has 0 unspecified atom stereocenters. The first kappa shape index (κ1) is 15.8. The molecule has 0 spiro atoms. The van der Waals surface area contributed by atoms with Crippen LogP contribution in [-0.2, 0) is 4.79 Å². The zero-order valence-electron chi connectivity index (χ0n) is 12.8. The second-order valence-corrected chi connectivity index (χ2v) is 6.98. The van der Waals surface area contributed by atoms with Gasteiger partial charge in [-0.3, -0.25) is 4.79 Å². The van der Waals surface area contributed by atoms with Crippen molar-refractivity contribution in [3.8, 4) is 0 Å². The predicted octanol–water partition coefficient (Wildman–Crippen LogP) is 3.55. The number of hydrogen-bond acceptors (Lipinski definition) is 2. The summed E-state index contributed by atoms with van der Waals surface area (Å²) in [6.07, 6.45) is 14.6. The summed E-state index contributed by atoms with van der Waals surface area (Å²) in [5.41, 5.74) is -0.643. The van der Waals surface area contributed by atoms with Crippen LogP contribution in [0.25, 0.3) is 0 Å². The van der Waals surface area contributed by atoms with Crippen molar-refractivity contribution in [3.63, 3.8) is 0 Å². The molecule has 0 aromatic heterocycles. The maximum atomic E-state index is 12.1. The van der Waals surface area contributed by atoms with Gasteiger partial charge in [-0.2, -0.15) is 0 Å². The monoisotopic (exact) mass is 281 g/mol. The summed E-state index contributed by atoms with van der Waals surface area (Å²) in [6.45, 7) is 0.457. The lowest BCUT2D eigenvalue weighted by Gasteiger charge is -2.27. The maximum absolute atomic E-state index is 12.1. The van der Waals surface area contributed by atoms with Crippen LogP contribution in [0.15, 0.2) is 0 Å². The molecule has 0 aliphatic heterocycles. The molecule has 2 saturated carbocycles. The molecule has 20 heavy (non-hydrogen) atoms. The zero-order valence-corrected chi connectivity index (χ0v) is 12.8. The molecule has 2 fully saturated rings. The third-order valence-corrected chi connectivity index (χ3v) is 5.10. The average molecular weight is 281 g/mol. The topological polar surface area (TPSA) is 49.3 Å². The molecule has 0 aromatic rings. The minimum Gasteiger partial charge on any atom is -0.388 e. The van der Waals surface area contributed by atoms with Crippen LogP contribution in [-0.4, -0.2) is 23.2 Å². The van der Waals surface area contributed by atoms with Crippen molar-refractivity contribution in [2.75, 3.05) is 6.54 Å². The fourth-order valence-electron chi connectivity index (χ4n) is 3.73. The summed E-state index contributed by atoms with van der Waals surface area (Å²) in [7, 11) is 0. The SMILES string of the molecule is O=C(CC1CCCCCC1)NCC1(O)CCCCCC1. The molecule has 0 atom stereocenters. The molecule has 2 aliphatic rings. The number of nitrogens with one attached hydrogen (secondary N) is 1. The van der Waals surface area contributed by atoms with Gasteiger partial charge in [-0.25, -0.2) is 0 Å². The Hall–Kier alpha value is -0.570. The lowest BCUT2D eigenvalue weighted by Crippen LogP contribution is -2.43.